The number of fused-ring (bicyclic) bond motifs is 1. The molecule has 1 aliphatic heterocycles. The van der Waals surface area contributed by atoms with E-state index < -0.39 is 10.1 Å². The summed E-state index contributed by atoms with van der Waals surface area (Å²) in [6.07, 6.45) is 0.393. The Morgan fingerprint density at radius 2 is 1.64 bits per heavy atom. The molecule has 0 radical (unpaired) electrons. The number of hydrogen-bond acceptors (Lipinski definition) is 5. The molecule has 1 heterocycles. The van der Waals surface area contributed by atoms with E-state index in [0.717, 1.165) is 5.56 Å². The molecule has 0 unspecified atom stereocenters. The van der Waals surface area contributed by atoms with Crippen molar-refractivity contribution in [2.45, 2.75) is 18.2 Å². The van der Waals surface area contributed by atoms with Crippen LogP contribution in [0.25, 0.3) is 0 Å². The fraction of sp³-hybridized carbons (Fsp3) is 0.176. The van der Waals surface area contributed by atoms with Crippen molar-refractivity contribution in [2.75, 3.05) is 6.61 Å². The molecule has 1 aliphatic rings. The molecule has 2 amide bonds. The summed E-state index contributed by atoms with van der Waals surface area (Å²) >= 11 is 0. The molecular weight excluding hydrogens is 346 g/mol. The highest BCUT2D eigenvalue weighted by atomic mass is 32.2. The van der Waals surface area contributed by atoms with Crippen molar-refractivity contribution in [2.24, 2.45) is 0 Å². The number of carbonyl (C=O) groups excluding carboxylic acids is 2. The van der Waals surface area contributed by atoms with Crippen molar-refractivity contribution < 1.29 is 27.7 Å². The Labute approximate surface area is 145 Å². The number of carbonyl (C=O) groups is 2. The Kier molecular flexibility index (Phi) is 5.68. The maximum atomic E-state index is 11.4. The van der Waals surface area contributed by atoms with Crippen LogP contribution in [0, 0.1) is 6.92 Å². The van der Waals surface area contributed by atoms with E-state index in [9.17, 15) is 18.0 Å². The van der Waals surface area contributed by atoms with Crippen molar-refractivity contribution in [1.82, 2.24) is 5.32 Å². The predicted octanol–water partition coefficient (Wildman–Crippen LogP) is 1.35. The minimum atomic E-state index is -4.02. The lowest BCUT2D eigenvalue weighted by Gasteiger charge is -2.02. The van der Waals surface area contributed by atoms with Gasteiger partial charge in [0.2, 0.25) is 0 Å². The van der Waals surface area contributed by atoms with Gasteiger partial charge in [-0.3, -0.25) is 19.5 Å². The second-order valence-electron chi connectivity index (χ2n) is 5.38. The Hall–Kier alpha value is -2.55. The maximum Gasteiger partial charge on any atom is 0.294 e. The van der Waals surface area contributed by atoms with Gasteiger partial charge in [0.15, 0.2) is 0 Å². The molecule has 0 aromatic heterocycles. The zero-order valence-corrected chi connectivity index (χ0v) is 14.2. The second-order valence-corrected chi connectivity index (χ2v) is 6.81. The molecule has 7 nitrogen and oxygen atoms in total. The molecule has 0 atom stereocenters. The first-order valence-corrected chi connectivity index (χ1v) is 8.80. The fourth-order valence-corrected chi connectivity index (χ4v) is 2.81. The summed E-state index contributed by atoms with van der Waals surface area (Å²) in [7, 11) is -4.02. The zero-order chi connectivity index (χ0) is 18.6. The van der Waals surface area contributed by atoms with Crippen molar-refractivity contribution in [3.8, 4) is 0 Å². The number of rotatable bonds is 3. The van der Waals surface area contributed by atoms with E-state index in [1.807, 2.05) is 6.92 Å². The van der Waals surface area contributed by atoms with Crippen molar-refractivity contribution >= 4 is 21.9 Å². The largest absolute Gasteiger partial charge is 0.396 e. The first kappa shape index (κ1) is 18.8. The summed E-state index contributed by atoms with van der Waals surface area (Å²) in [5, 5.41) is 11.0. The third kappa shape index (κ3) is 4.50. The lowest BCUT2D eigenvalue weighted by Crippen LogP contribution is -2.20. The summed E-state index contributed by atoms with van der Waals surface area (Å²) in [5.41, 5.74) is 2.48. The minimum absolute atomic E-state index is 0.0298. The molecule has 3 N–H and O–H groups in total. The number of nitrogens with one attached hydrogen (secondary N) is 1. The number of benzene rings is 2. The normalized spacial score (nSPS) is 12.9. The van der Waals surface area contributed by atoms with E-state index in [1.165, 1.54) is 12.1 Å². The number of aryl methyl sites for hydroxylation is 1. The van der Waals surface area contributed by atoms with E-state index in [1.54, 1.807) is 30.3 Å². The molecule has 0 bridgehead atoms. The van der Waals surface area contributed by atoms with E-state index in [2.05, 4.69) is 5.32 Å². The molecule has 8 heteroatoms. The van der Waals surface area contributed by atoms with Crippen molar-refractivity contribution in [3.63, 3.8) is 0 Å². The lowest BCUT2D eigenvalue weighted by molar-refractivity contribution is 0.0879. The van der Waals surface area contributed by atoms with E-state index >= 15 is 0 Å². The summed E-state index contributed by atoms with van der Waals surface area (Å²) < 4.78 is 29.6. The summed E-state index contributed by atoms with van der Waals surface area (Å²) in [6.45, 7) is 1.81. The van der Waals surface area contributed by atoms with Gasteiger partial charge in [-0.05, 0) is 37.1 Å². The molecule has 3 rings (SSSR count). The van der Waals surface area contributed by atoms with Crippen LogP contribution in [0.3, 0.4) is 0 Å². The monoisotopic (exact) mass is 363 g/mol. The van der Waals surface area contributed by atoms with Gasteiger partial charge in [0.1, 0.15) is 0 Å². The molecule has 2 aromatic carbocycles. The van der Waals surface area contributed by atoms with Gasteiger partial charge in [-0.15, -0.1) is 0 Å². The number of aliphatic hydroxyl groups excluding tert-OH is 1. The van der Waals surface area contributed by atoms with E-state index in [-0.39, 0.29) is 23.3 Å². The predicted molar refractivity (Wildman–Crippen MR) is 90.0 cm³/mol. The van der Waals surface area contributed by atoms with Crippen LogP contribution in [-0.2, 0) is 16.5 Å². The highest BCUT2D eigenvalue weighted by molar-refractivity contribution is 7.85. The maximum absolute atomic E-state index is 11.4. The summed E-state index contributed by atoms with van der Waals surface area (Å²) in [4.78, 5) is 22.5. The van der Waals surface area contributed by atoms with Crippen LogP contribution in [0.15, 0.2) is 47.4 Å². The Balaban J connectivity index is 0.000000186. The van der Waals surface area contributed by atoms with Crippen LogP contribution in [0.5, 0.6) is 0 Å². The SMILES string of the molecule is Cc1ccc(S(=O)(=O)O)cc1.O=C1NC(=O)c2c(CCO)cccc21. The highest BCUT2D eigenvalue weighted by Gasteiger charge is 2.28. The Bertz CT molecular complexity index is 903. The van der Waals surface area contributed by atoms with Gasteiger partial charge in [-0.1, -0.05) is 29.8 Å². The molecular formula is C17H17NO6S. The first-order chi connectivity index (χ1) is 11.7. The zero-order valence-electron chi connectivity index (χ0n) is 13.4. The minimum Gasteiger partial charge on any atom is -0.396 e. The van der Waals surface area contributed by atoms with Gasteiger partial charge >= 0.3 is 0 Å². The Morgan fingerprint density at radius 1 is 1.00 bits per heavy atom. The average molecular weight is 363 g/mol. The summed E-state index contributed by atoms with van der Waals surface area (Å²) in [5.74, 6) is -0.723. The molecule has 0 aliphatic carbocycles. The van der Waals surface area contributed by atoms with Gasteiger partial charge < -0.3 is 5.11 Å². The third-order valence-corrected chi connectivity index (χ3v) is 4.42. The molecule has 0 fully saturated rings. The van der Waals surface area contributed by atoms with Crippen LogP contribution < -0.4 is 5.32 Å². The second kappa shape index (κ2) is 7.56. The molecule has 132 valence electrons. The standard InChI is InChI=1S/C10H9NO3.C7H8O3S/c12-5-4-6-2-1-3-7-8(6)10(14)11-9(7)13;1-6-2-4-7(5-3-6)11(8,9)10/h1-3,12H,4-5H2,(H,11,13,14);2-5H,1H3,(H,8,9,10). The molecule has 0 saturated heterocycles. The number of aliphatic hydroxyl groups is 1. The molecule has 0 saturated carbocycles. The van der Waals surface area contributed by atoms with E-state index in [4.69, 9.17) is 9.66 Å². The van der Waals surface area contributed by atoms with E-state index in [0.29, 0.717) is 23.1 Å². The quantitative estimate of drug-likeness (QED) is 0.559. The molecule has 25 heavy (non-hydrogen) atoms. The van der Waals surface area contributed by atoms with Gasteiger partial charge in [0.25, 0.3) is 21.9 Å². The van der Waals surface area contributed by atoms with Crippen LogP contribution in [-0.4, -0.2) is 36.5 Å². The van der Waals surface area contributed by atoms with Crippen molar-refractivity contribution in [3.05, 3.63) is 64.7 Å². The lowest BCUT2D eigenvalue weighted by atomic mass is 10.0. The van der Waals surface area contributed by atoms with Crippen LogP contribution in [0.2, 0.25) is 0 Å². The number of hydrogen-bond donors (Lipinski definition) is 3. The molecule has 0 spiro atoms. The average Bonchev–Trinajstić information content (AvgIpc) is 2.83. The summed E-state index contributed by atoms with van der Waals surface area (Å²) in [6, 6.07) is 11.0. The van der Waals surface area contributed by atoms with Crippen LogP contribution in [0.1, 0.15) is 31.8 Å². The van der Waals surface area contributed by atoms with Gasteiger partial charge in [0.05, 0.1) is 16.0 Å². The third-order valence-electron chi connectivity index (χ3n) is 3.55. The Morgan fingerprint density at radius 3 is 2.20 bits per heavy atom. The van der Waals surface area contributed by atoms with Gasteiger partial charge in [0, 0.05) is 6.61 Å². The van der Waals surface area contributed by atoms with Crippen molar-refractivity contribution in [1.29, 1.82) is 0 Å². The first-order valence-electron chi connectivity index (χ1n) is 7.36. The van der Waals surface area contributed by atoms with Crippen LogP contribution in [0.4, 0.5) is 0 Å². The number of amides is 2. The van der Waals surface area contributed by atoms with Crippen LogP contribution >= 0.6 is 0 Å². The molecule has 2 aromatic rings. The van der Waals surface area contributed by atoms with Gasteiger partial charge in [-0.2, -0.15) is 8.42 Å². The number of imide groups is 1. The topological polar surface area (TPSA) is 121 Å². The smallest absolute Gasteiger partial charge is 0.294 e. The highest BCUT2D eigenvalue weighted by Crippen LogP contribution is 2.20. The fourth-order valence-electron chi connectivity index (χ4n) is 2.33. The van der Waals surface area contributed by atoms with Gasteiger partial charge in [-0.25, -0.2) is 0 Å².